The zero-order chi connectivity index (χ0) is 40.3. The fourth-order valence-electron chi connectivity index (χ4n) is 11.3. The fraction of sp³-hybridized carbons (Fsp3) is 0.531. The van der Waals surface area contributed by atoms with Crippen LogP contribution in [0.2, 0.25) is 0 Å². The molecule has 57 heavy (non-hydrogen) atoms. The van der Waals surface area contributed by atoms with Crippen molar-refractivity contribution in [2.24, 2.45) is 52.3 Å². The van der Waals surface area contributed by atoms with Crippen molar-refractivity contribution < 1.29 is 38.1 Å². The van der Waals surface area contributed by atoms with E-state index in [1.165, 1.54) is 44.9 Å². The molecule has 0 radical (unpaired) electrons. The lowest BCUT2D eigenvalue weighted by Crippen LogP contribution is -2.52. The van der Waals surface area contributed by atoms with E-state index in [0.29, 0.717) is 40.2 Å². The molecule has 0 heterocycles. The quantitative estimate of drug-likeness (QED) is 0.0776. The van der Waals surface area contributed by atoms with Crippen LogP contribution in [0.15, 0.2) is 84.9 Å². The summed E-state index contributed by atoms with van der Waals surface area (Å²) in [7, 11) is 1.55. The van der Waals surface area contributed by atoms with Gasteiger partial charge in [-0.25, -0.2) is 14.4 Å². The van der Waals surface area contributed by atoms with Crippen LogP contribution in [0.4, 0.5) is 4.79 Å². The molecule has 0 bridgehead atoms. The average Bonchev–Trinajstić information content (AvgIpc) is 3.56. The Balaban J connectivity index is 0.878. The average molecular weight is 777 g/mol. The monoisotopic (exact) mass is 776 g/mol. The molecule has 8 nitrogen and oxygen atoms in total. The van der Waals surface area contributed by atoms with Crippen LogP contribution in [-0.2, 0) is 4.74 Å². The SMILES string of the molecule is COc1ccc(C(=O)Oc2ccc(OC(=O)c3ccc(OC(=O)OC4CC[C@]5(C)C(C=C[C@@H]6[C@H]7CC[C@@H]([C@@H](C)CCCC(C)C)[C@]7(C)CC[C@H]65)C4)cc3)cc2)cc1. The summed E-state index contributed by atoms with van der Waals surface area (Å²) >= 11 is 0. The number of carbonyl (C=O) groups excluding carboxylic acids is 3. The number of allylic oxidation sites excluding steroid dienone is 2. The molecule has 3 saturated carbocycles. The maximum atomic E-state index is 13.0. The normalized spacial score (nSPS) is 29.3. The molecule has 8 heteroatoms. The molecule has 2 unspecified atom stereocenters. The van der Waals surface area contributed by atoms with Crippen molar-refractivity contribution in [1.82, 2.24) is 0 Å². The molecule has 7 rings (SSSR count). The number of carbonyl (C=O) groups is 3. The molecular weight excluding hydrogens is 717 g/mol. The molecule has 0 aliphatic heterocycles. The van der Waals surface area contributed by atoms with E-state index in [0.717, 1.165) is 42.9 Å². The molecule has 0 aromatic heterocycles. The Bertz CT molecular complexity index is 1900. The first-order valence-corrected chi connectivity index (χ1v) is 21.2. The van der Waals surface area contributed by atoms with Crippen molar-refractivity contribution in [3.8, 4) is 23.0 Å². The van der Waals surface area contributed by atoms with Crippen LogP contribution in [0, 0.1) is 52.3 Å². The first kappa shape index (κ1) is 40.6. The third-order valence-electron chi connectivity index (χ3n) is 14.4. The van der Waals surface area contributed by atoms with Crippen LogP contribution in [0.1, 0.15) is 120 Å². The number of benzene rings is 3. The van der Waals surface area contributed by atoms with Gasteiger partial charge in [-0.1, -0.05) is 66.0 Å². The number of hydrogen-bond acceptors (Lipinski definition) is 8. The Labute approximate surface area is 338 Å². The molecule has 0 N–H and O–H groups in total. The van der Waals surface area contributed by atoms with E-state index < -0.39 is 18.1 Å². The molecule has 0 amide bonds. The highest BCUT2D eigenvalue weighted by molar-refractivity contribution is 5.92. The summed E-state index contributed by atoms with van der Waals surface area (Å²) in [6, 6.07) is 19.0. The van der Waals surface area contributed by atoms with Crippen molar-refractivity contribution in [2.45, 2.75) is 105 Å². The Morgan fingerprint density at radius 3 is 1.79 bits per heavy atom. The van der Waals surface area contributed by atoms with Gasteiger partial charge in [0.2, 0.25) is 0 Å². The van der Waals surface area contributed by atoms with Crippen LogP contribution in [-0.4, -0.2) is 31.3 Å². The number of fused-ring (bicyclic) bond motifs is 5. The van der Waals surface area contributed by atoms with Crippen molar-refractivity contribution in [3.05, 3.63) is 96.1 Å². The van der Waals surface area contributed by atoms with Gasteiger partial charge in [-0.15, -0.1) is 0 Å². The van der Waals surface area contributed by atoms with Crippen molar-refractivity contribution in [1.29, 1.82) is 0 Å². The van der Waals surface area contributed by atoms with Crippen LogP contribution >= 0.6 is 0 Å². The lowest BCUT2D eigenvalue weighted by atomic mass is 9.46. The molecule has 3 aromatic carbocycles. The predicted molar refractivity (Wildman–Crippen MR) is 220 cm³/mol. The second-order valence-electron chi connectivity index (χ2n) is 18.2. The minimum atomic E-state index is -0.725. The summed E-state index contributed by atoms with van der Waals surface area (Å²) < 4.78 is 27.5. The molecule has 0 saturated heterocycles. The Kier molecular flexibility index (Phi) is 12.2. The van der Waals surface area contributed by atoms with Crippen LogP contribution in [0.3, 0.4) is 0 Å². The first-order valence-electron chi connectivity index (χ1n) is 21.2. The van der Waals surface area contributed by atoms with E-state index in [9.17, 15) is 14.4 Å². The van der Waals surface area contributed by atoms with Gasteiger partial charge >= 0.3 is 18.1 Å². The third-order valence-corrected chi connectivity index (χ3v) is 14.4. The largest absolute Gasteiger partial charge is 0.514 e. The number of ether oxygens (including phenoxy) is 5. The number of esters is 2. The second kappa shape index (κ2) is 17.1. The predicted octanol–water partition coefficient (Wildman–Crippen LogP) is 11.9. The van der Waals surface area contributed by atoms with Crippen LogP contribution in [0.5, 0.6) is 23.0 Å². The maximum Gasteiger partial charge on any atom is 0.514 e. The number of rotatable bonds is 12. The van der Waals surface area contributed by atoms with Crippen LogP contribution in [0.25, 0.3) is 0 Å². The minimum Gasteiger partial charge on any atom is -0.497 e. The summed E-state index contributed by atoms with van der Waals surface area (Å²) in [5.74, 6) is 5.35. The van der Waals surface area contributed by atoms with Gasteiger partial charge < -0.3 is 23.7 Å². The van der Waals surface area contributed by atoms with E-state index in [2.05, 4.69) is 46.8 Å². The smallest absolute Gasteiger partial charge is 0.497 e. The zero-order valence-electron chi connectivity index (χ0n) is 34.5. The second-order valence-corrected chi connectivity index (χ2v) is 18.2. The first-order chi connectivity index (χ1) is 27.4. The van der Waals surface area contributed by atoms with Crippen molar-refractivity contribution in [2.75, 3.05) is 7.11 Å². The van der Waals surface area contributed by atoms with E-state index >= 15 is 0 Å². The minimum absolute atomic E-state index is 0.195. The molecule has 3 aromatic rings. The van der Waals surface area contributed by atoms with Gasteiger partial charge in [0.25, 0.3) is 0 Å². The van der Waals surface area contributed by atoms with Crippen molar-refractivity contribution >= 4 is 18.1 Å². The third kappa shape index (κ3) is 8.80. The van der Waals surface area contributed by atoms with Crippen molar-refractivity contribution in [3.63, 3.8) is 0 Å². The lowest BCUT2D eigenvalue weighted by molar-refractivity contribution is -0.0852. The molecular formula is C49H60O8. The molecule has 4 aliphatic carbocycles. The summed E-state index contributed by atoms with van der Waals surface area (Å²) in [6.45, 7) is 12.4. The van der Waals surface area contributed by atoms with Gasteiger partial charge in [0.15, 0.2) is 0 Å². The van der Waals surface area contributed by atoms with Gasteiger partial charge in [0.05, 0.1) is 18.2 Å². The zero-order valence-corrected chi connectivity index (χ0v) is 34.5. The molecule has 304 valence electrons. The molecule has 9 atom stereocenters. The Morgan fingerprint density at radius 2 is 1.19 bits per heavy atom. The van der Waals surface area contributed by atoms with Gasteiger partial charge in [-0.2, -0.15) is 0 Å². The molecule has 0 spiro atoms. The van der Waals surface area contributed by atoms with E-state index in [1.54, 1.807) is 79.9 Å². The fourth-order valence-corrected chi connectivity index (χ4v) is 11.3. The lowest BCUT2D eigenvalue weighted by Gasteiger charge is -2.59. The number of methoxy groups -OCH3 is 1. The van der Waals surface area contributed by atoms with E-state index in [-0.39, 0.29) is 28.6 Å². The van der Waals surface area contributed by atoms with Gasteiger partial charge in [0.1, 0.15) is 29.1 Å². The van der Waals surface area contributed by atoms with E-state index in [4.69, 9.17) is 23.7 Å². The highest BCUT2D eigenvalue weighted by Gasteiger charge is 2.59. The van der Waals surface area contributed by atoms with Gasteiger partial charge in [0, 0.05) is 0 Å². The summed E-state index contributed by atoms with van der Waals surface area (Å²) in [6.07, 6.45) is 16.3. The van der Waals surface area contributed by atoms with Gasteiger partial charge in [-0.3, -0.25) is 0 Å². The topological polar surface area (TPSA) is 97.4 Å². The highest BCUT2D eigenvalue weighted by atomic mass is 16.7. The van der Waals surface area contributed by atoms with Crippen LogP contribution < -0.4 is 18.9 Å². The highest BCUT2D eigenvalue weighted by Crippen LogP contribution is 2.67. The standard InChI is InChI=1S/C49H60O8/c1-31(2)8-7-9-32(3)42-24-25-43-41-23-14-35-30-40(26-28-48(35,4)44(41)27-29-49(42,43)5)57-47(52)56-39-17-12-34(13-18-39)46(51)55-38-21-19-37(20-22-38)54-45(50)33-10-15-36(53-6)16-11-33/h10-23,31-32,35,40-44H,7-9,24-30H2,1-6H3/t32-,35?,40?,41+,42-,43+,44+,48+,49-/m0/s1. The molecule has 3 fully saturated rings. The number of hydrogen-bond donors (Lipinski definition) is 0. The Morgan fingerprint density at radius 1 is 0.649 bits per heavy atom. The maximum absolute atomic E-state index is 13.0. The van der Waals surface area contributed by atoms with Gasteiger partial charge in [-0.05, 0) is 170 Å². The Hall–Kier alpha value is -4.59. The summed E-state index contributed by atoms with van der Waals surface area (Å²) in [5, 5.41) is 0. The summed E-state index contributed by atoms with van der Waals surface area (Å²) in [4.78, 5) is 38.3. The molecule has 4 aliphatic rings. The van der Waals surface area contributed by atoms with E-state index in [1.807, 2.05) is 0 Å². The summed E-state index contributed by atoms with van der Waals surface area (Å²) in [5.41, 5.74) is 1.33.